The number of aromatic nitrogens is 4. The molecule has 2 aromatic heterocycles. The van der Waals surface area contributed by atoms with Gasteiger partial charge in [0.05, 0.1) is 33.6 Å². The van der Waals surface area contributed by atoms with E-state index < -0.39 is 59.3 Å². The largest absolute Gasteiger partial charge is 0.465 e. The number of amides is 3. The molecule has 3 aromatic rings. The van der Waals surface area contributed by atoms with Gasteiger partial charge in [-0.25, -0.2) is 18.6 Å². The molecule has 2 fully saturated rings. The lowest BCUT2D eigenvalue weighted by molar-refractivity contribution is -0.141. The van der Waals surface area contributed by atoms with Crippen LogP contribution in [0.15, 0.2) is 30.6 Å². The number of anilines is 1. The van der Waals surface area contributed by atoms with Crippen LogP contribution in [-0.4, -0.2) is 60.4 Å². The van der Waals surface area contributed by atoms with E-state index in [4.69, 9.17) is 16.7 Å². The average molecular weight is 602 g/mol. The highest BCUT2D eigenvalue weighted by atomic mass is 35.5. The Kier molecular flexibility index (Phi) is 6.71. The van der Waals surface area contributed by atoms with Crippen molar-refractivity contribution in [2.45, 2.75) is 42.9 Å². The predicted molar refractivity (Wildman–Crippen MR) is 133 cm³/mol. The number of halogens is 6. The highest BCUT2D eigenvalue weighted by Gasteiger charge is 2.59. The third-order valence-corrected chi connectivity index (χ3v) is 7.18. The fraction of sp³-hybridized carbons (Fsp3) is 0.375. The SMILES string of the molecule is Cn1c(-c2cn(C3CC3(F)F)nc2C(F)(F)F)cnc1C(=O)Nc1ccc(C(=O)NCC2(NC(=O)O)CC2)c(Cl)c1. The summed E-state index contributed by atoms with van der Waals surface area (Å²) in [5, 5.41) is 19.7. The summed E-state index contributed by atoms with van der Waals surface area (Å²) in [6.45, 7) is 0.0620. The van der Waals surface area contributed by atoms with Crippen molar-refractivity contribution in [2.75, 3.05) is 11.9 Å². The minimum atomic E-state index is -4.95. The highest BCUT2D eigenvalue weighted by Crippen LogP contribution is 2.53. The van der Waals surface area contributed by atoms with Gasteiger partial charge in [-0.3, -0.25) is 14.3 Å². The summed E-state index contributed by atoms with van der Waals surface area (Å²) in [4.78, 5) is 40.2. The van der Waals surface area contributed by atoms with Gasteiger partial charge in [0.2, 0.25) is 0 Å². The van der Waals surface area contributed by atoms with Crippen LogP contribution in [0.25, 0.3) is 11.3 Å². The molecular formula is C24H21ClF5N7O4. The van der Waals surface area contributed by atoms with Crippen LogP contribution in [0.3, 0.4) is 0 Å². The van der Waals surface area contributed by atoms with Gasteiger partial charge in [-0.2, -0.15) is 18.3 Å². The van der Waals surface area contributed by atoms with Crippen LogP contribution in [-0.2, 0) is 13.2 Å². The molecule has 2 aliphatic rings. The molecule has 218 valence electrons. The van der Waals surface area contributed by atoms with Gasteiger partial charge in [0.1, 0.15) is 6.04 Å². The van der Waals surface area contributed by atoms with Crippen LogP contribution in [0.1, 0.15) is 52.0 Å². The Bertz CT molecular complexity index is 1560. The van der Waals surface area contributed by atoms with Crippen LogP contribution in [0.2, 0.25) is 5.02 Å². The van der Waals surface area contributed by atoms with E-state index in [1.165, 1.54) is 25.2 Å². The van der Waals surface area contributed by atoms with Gasteiger partial charge in [-0.15, -0.1) is 0 Å². The molecule has 0 spiro atoms. The Morgan fingerprint density at radius 1 is 1.20 bits per heavy atom. The molecule has 17 heteroatoms. The Labute approximate surface area is 232 Å². The molecule has 0 bridgehead atoms. The molecule has 0 aliphatic heterocycles. The van der Waals surface area contributed by atoms with E-state index >= 15 is 0 Å². The zero-order chi connectivity index (χ0) is 29.9. The summed E-state index contributed by atoms with van der Waals surface area (Å²) >= 11 is 6.22. The molecule has 1 unspecified atom stereocenters. The van der Waals surface area contributed by atoms with Crippen molar-refractivity contribution in [3.8, 4) is 11.3 Å². The molecule has 2 heterocycles. The van der Waals surface area contributed by atoms with Crippen LogP contribution >= 0.6 is 11.6 Å². The summed E-state index contributed by atoms with van der Waals surface area (Å²) in [7, 11) is 1.28. The molecule has 4 N–H and O–H groups in total. The van der Waals surface area contributed by atoms with Gasteiger partial charge < -0.3 is 25.6 Å². The minimum absolute atomic E-state index is 0.0315. The van der Waals surface area contributed by atoms with Crippen LogP contribution in [0.4, 0.5) is 32.4 Å². The number of nitrogens with one attached hydrogen (secondary N) is 3. The monoisotopic (exact) mass is 601 g/mol. The molecule has 2 aliphatic carbocycles. The van der Waals surface area contributed by atoms with Crippen molar-refractivity contribution in [3.63, 3.8) is 0 Å². The van der Waals surface area contributed by atoms with Gasteiger partial charge in [0, 0.05) is 31.9 Å². The number of hydrogen-bond acceptors (Lipinski definition) is 5. The van der Waals surface area contributed by atoms with Crippen molar-refractivity contribution in [2.24, 2.45) is 7.05 Å². The van der Waals surface area contributed by atoms with Crippen molar-refractivity contribution in [1.29, 1.82) is 0 Å². The van der Waals surface area contributed by atoms with E-state index in [1.807, 2.05) is 0 Å². The molecule has 11 nitrogen and oxygen atoms in total. The molecule has 2 saturated carbocycles. The summed E-state index contributed by atoms with van der Waals surface area (Å²) in [6.07, 6.45) is -3.77. The quantitative estimate of drug-likeness (QED) is 0.283. The number of rotatable bonds is 8. The molecule has 1 aromatic carbocycles. The van der Waals surface area contributed by atoms with E-state index in [9.17, 15) is 36.3 Å². The summed E-state index contributed by atoms with van der Waals surface area (Å²) < 4.78 is 69.6. The third-order valence-electron chi connectivity index (χ3n) is 6.86. The number of nitrogens with zero attached hydrogens (tertiary/aromatic N) is 4. The zero-order valence-electron chi connectivity index (χ0n) is 21.0. The molecule has 41 heavy (non-hydrogen) atoms. The number of carboxylic acid groups (broad SMARTS) is 1. The second-order valence-corrected chi connectivity index (χ2v) is 10.3. The lowest BCUT2D eigenvalue weighted by Crippen LogP contribution is -2.45. The van der Waals surface area contributed by atoms with E-state index in [0.717, 1.165) is 17.0 Å². The Morgan fingerprint density at radius 2 is 1.88 bits per heavy atom. The third kappa shape index (κ3) is 5.68. The lowest BCUT2D eigenvalue weighted by Gasteiger charge is -2.16. The number of imidazole rings is 1. The summed E-state index contributed by atoms with van der Waals surface area (Å²) in [5.41, 5.74) is -2.58. The highest BCUT2D eigenvalue weighted by molar-refractivity contribution is 6.34. The maximum Gasteiger partial charge on any atom is 0.435 e. The normalized spacial score (nSPS) is 18.5. The molecule has 0 radical (unpaired) electrons. The second-order valence-electron chi connectivity index (χ2n) is 9.92. The maximum absolute atomic E-state index is 13.7. The van der Waals surface area contributed by atoms with Gasteiger partial charge in [0.25, 0.3) is 17.7 Å². The van der Waals surface area contributed by atoms with E-state index in [-0.39, 0.29) is 34.3 Å². The first-order valence-electron chi connectivity index (χ1n) is 12.1. The Morgan fingerprint density at radius 3 is 2.44 bits per heavy atom. The molecular weight excluding hydrogens is 581 g/mol. The molecule has 3 amide bonds. The summed E-state index contributed by atoms with van der Waals surface area (Å²) in [6, 6.07) is 2.49. The van der Waals surface area contributed by atoms with Crippen LogP contribution in [0, 0.1) is 0 Å². The fourth-order valence-electron chi connectivity index (χ4n) is 4.34. The van der Waals surface area contributed by atoms with Crippen LogP contribution in [0.5, 0.6) is 0 Å². The second kappa shape index (κ2) is 9.71. The van der Waals surface area contributed by atoms with Gasteiger partial charge in [-0.05, 0) is 31.0 Å². The van der Waals surface area contributed by atoms with E-state index in [1.54, 1.807) is 0 Å². The first kappa shape index (κ1) is 28.3. The van der Waals surface area contributed by atoms with Gasteiger partial charge >= 0.3 is 12.3 Å². The maximum atomic E-state index is 13.7. The van der Waals surface area contributed by atoms with Gasteiger partial charge in [0.15, 0.2) is 11.5 Å². The first-order valence-corrected chi connectivity index (χ1v) is 12.4. The Hall–Kier alpha value is -4.21. The topological polar surface area (TPSA) is 143 Å². The molecule has 1 atom stereocenters. The fourth-order valence-corrected chi connectivity index (χ4v) is 4.60. The van der Waals surface area contributed by atoms with E-state index in [0.29, 0.717) is 17.5 Å². The lowest BCUT2D eigenvalue weighted by atomic mass is 10.1. The van der Waals surface area contributed by atoms with Crippen molar-refractivity contribution in [1.82, 2.24) is 30.0 Å². The van der Waals surface area contributed by atoms with Crippen LogP contribution < -0.4 is 16.0 Å². The van der Waals surface area contributed by atoms with Crippen molar-refractivity contribution in [3.05, 3.63) is 52.7 Å². The molecule has 5 rings (SSSR count). The standard InChI is InChI=1S/C24H21ClF5N7O4/c1-36-15(13-9-37(16-7-23(16,26)27)35-17(13)24(28,29)30)8-31-18(36)20(39)33-11-2-3-12(14(25)6-11)19(38)32-10-22(4-5-22)34-21(40)41/h2-3,6,8-9,16,34H,4-5,7,10H2,1H3,(H,32,38)(H,33,39)(H,40,41). The van der Waals surface area contributed by atoms with Gasteiger partial charge in [-0.1, -0.05) is 11.6 Å². The summed E-state index contributed by atoms with van der Waals surface area (Å²) in [5.74, 6) is -4.84. The number of benzene rings is 1. The predicted octanol–water partition coefficient (Wildman–Crippen LogP) is 4.32. The zero-order valence-corrected chi connectivity index (χ0v) is 21.8. The van der Waals surface area contributed by atoms with Crippen molar-refractivity contribution < 1.29 is 41.4 Å². The minimum Gasteiger partial charge on any atom is -0.465 e. The number of alkyl halides is 5. The van der Waals surface area contributed by atoms with Crippen molar-refractivity contribution >= 4 is 35.2 Å². The molecule has 0 saturated heterocycles. The Balaban J connectivity index is 1.30. The first-order chi connectivity index (χ1) is 19.1. The van der Waals surface area contributed by atoms with E-state index in [2.05, 4.69) is 26.0 Å². The number of carbonyl (C=O) groups excluding carboxylic acids is 2. The smallest absolute Gasteiger partial charge is 0.435 e. The number of hydrogen-bond donors (Lipinski definition) is 4. The average Bonchev–Trinajstić information content (AvgIpc) is 3.62. The number of carbonyl (C=O) groups is 3.